The third-order valence-electron chi connectivity index (χ3n) is 1.34. The molecule has 12 heavy (non-hydrogen) atoms. The van der Waals surface area contributed by atoms with Crippen LogP contribution in [0.2, 0.25) is 0 Å². The standard InChI is InChI=1S/C8H9N3O/c1-6(12)10-7-4-2-3-5-8(7)11-9/h2-5,9H,1H3,(H,10,12). The van der Waals surface area contributed by atoms with E-state index in [2.05, 4.69) is 10.4 Å². The van der Waals surface area contributed by atoms with Crippen LogP contribution in [0.5, 0.6) is 0 Å². The summed E-state index contributed by atoms with van der Waals surface area (Å²) in [4.78, 5) is 10.7. The third-order valence-corrected chi connectivity index (χ3v) is 1.34. The van der Waals surface area contributed by atoms with Gasteiger partial charge >= 0.3 is 0 Å². The van der Waals surface area contributed by atoms with Crippen molar-refractivity contribution >= 4 is 17.3 Å². The molecule has 0 aromatic heterocycles. The summed E-state index contributed by atoms with van der Waals surface area (Å²) in [5, 5.41) is 5.83. The van der Waals surface area contributed by atoms with Crippen LogP contribution in [0.1, 0.15) is 6.92 Å². The second-order valence-corrected chi connectivity index (χ2v) is 2.31. The van der Waals surface area contributed by atoms with Crippen molar-refractivity contribution < 1.29 is 4.79 Å². The van der Waals surface area contributed by atoms with Crippen LogP contribution in [0.15, 0.2) is 29.4 Å². The molecular weight excluding hydrogens is 154 g/mol. The van der Waals surface area contributed by atoms with Crippen molar-refractivity contribution in [2.24, 2.45) is 5.11 Å². The summed E-state index contributed by atoms with van der Waals surface area (Å²) < 4.78 is 0. The Labute approximate surface area is 70.1 Å². The molecule has 1 aromatic carbocycles. The van der Waals surface area contributed by atoms with Gasteiger partial charge < -0.3 is 5.32 Å². The lowest BCUT2D eigenvalue weighted by Crippen LogP contribution is -2.05. The lowest BCUT2D eigenvalue weighted by atomic mass is 10.3. The number of amides is 1. The molecule has 0 unspecified atom stereocenters. The molecule has 1 rings (SSSR count). The zero-order valence-corrected chi connectivity index (χ0v) is 6.66. The molecule has 0 atom stereocenters. The maximum absolute atomic E-state index is 10.7. The molecule has 0 bridgehead atoms. The summed E-state index contributed by atoms with van der Waals surface area (Å²) in [6, 6.07) is 6.91. The Balaban J connectivity index is 2.96. The monoisotopic (exact) mass is 163 g/mol. The lowest BCUT2D eigenvalue weighted by molar-refractivity contribution is -0.114. The summed E-state index contributed by atoms with van der Waals surface area (Å²) in [5.41, 5.74) is 7.84. The molecule has 2 N–H and O–H groups in total. The van der Waals surface area contributed by atoms with Crippen molar-refractivity contribution in [2.75, 3.05) is 5.32 Å². The van der Waals surface area contributed by atoms with Crippen LogP contribution in [-0.2, 0) is 4.79 Å². The van der Waals surface area contributed by atoms with Gasteiger partial charge in [0.1, 0.15) is 5.69 Å². The maximum Gasteiger partial charge on any atom is 0.221 e. The van der Waals surface area contributed by atoms with Gasteiger partial charge in [0.2, 0.25) is 5.91 Å². The molecule has 1 aromatic rings. The second kappa shape index (κ2) is 3.61. The van der Waals surface area contributed by atoms with E-state index in [1.807, 2.05) is 0 Å². The van der Waals surface area contributed by atoms with Crippen LogP contribution in [0, 0.1) is 5.53 Å². The molecule has 0 fully saturated rings. The van der Waals surface area contributed by atoms with Crippen LogP contribution in [0.25, 0.3) is 0 Å². The van der Waals surface area contributed by atoms with Gasteiger partial charge in [0.25, 0.3) is 0 Å². The van der Waals surface area contributed by atoms with Crippen molar-refractivity contribution in [2.45, 2.75) is 6.92 Å². The SMILES string of the molecule is CC(=O)Nc1ccccc1N=N. The van der Waals surface area contributed by atoms with Crippen LogP contribution < -0.4 is 5.32 Å². The van der Waals surface area contributed by atoms with E-state index >= 15 is 0 Å². The smallest absolute Gasteiger partial charge is 0.221 e. The average Bonchev–Trinajstić information content (AvgIpc) is 2.04. The van der Waals surface area contributed by atoms with E-state index in [1.54, 1.807) is 24.3 Å². The molecule has 0 aliphatic carbocycles. The van der Waals surface area contributed by atoms with Crippen LogP contribution >= 0.6 is 0 Å². The number of anilines is 1. The Morgan fingerprint density at radius 1 is 1.50 bits per heavy atom. The molecular formula is C8H9N3O. The highest BCUT2D eigenvalue weighted by atomic mass is 16.1. The third kappa shape index (κ3) is 1.88. The number of carbonyl (C=O) groups excluding carboxylic acids is 1. The quantitative estimate of drug-likeness (QED) is 0.645. The molecule has 0 radical (unpaired) electrons. The molecule has 0 aliphatic rings. The van der Waals surface area contributed by atoms with Gasteiger partial charge in [-0.05, 0) is 12.1 Å². The second-order valence-electron chi connectivity index (χ2n) is 2.31. The first-order valence-electron chi connectivity index (χ1n) is 3.48. The van der Waals surface area contributed by atoms with Gasteiger partial charge in [-0.1, -0.05) is 12.1 Å². The Hall–Kier alpha value is -1.71. The summed E-state index contributed by atoms with van der Waals surface area (Å²) in [6.45, 7) is 1.42. The molecule has 0 spiro atoms. The first kappa shape index (κ1) is 8.39. The highest BCUT2D eigenvalue weighted by molar-refractivity contribution is 5.91. The minimum Gasteiger partial charge on any atom is -0.324 e. The van der Waals surface area contributed by atoms with Gasteiger partial charge in [0, 0.05) is 6.92 Å². The number of hydrogen-bond donors (Lipinski definition) is 2. The van der Waals surface area contributed by atoms with Gasteiger partial charge in [-0.3, -0.25) is 4.79 Å². The number of carbonyl (C=O) groups is 1. The molecule has 0 aliphatic heterocycles. The minimum atomic E-state index is -0.161. The van der Waals surface area contributed by atoms with E-state index in [4.69, 9.17) is 5.53 Å². The molecule has 1 amide bonds. The highest BCUT2D eigenvalue weighted by Crippen LogP contribution is 2.23. The fraction of sp³-hybridized carbons (Fsp3) is 0.125. The van der Waals surface area contributed by atoms with Crippen molar-refractivity contribution in [3.05, 3.63) is 24.3 Å². The summed E-state index contributed by atoms with van der Waals surface area (Å²) in [6.07, 6.45) is 0. The topological polar surface area (TPSA) is 65.3 Å². The maximum atomic E-state index is 10.7. The van der Waals surface area contributed by atoms with Crippen molar-refractivity contribution in [3.63, 3.8) is 0 Å². The number of rotatable bonds is 2. The van der Waals surface area contributed by atoms with Gasteiger partial charge in [-0.15, -0.1) is 0 Å². The zero-order chi connectivity index (χ0) is 8.97. The number of benzene rings is 1. The lowest BCUT2D eigenvalue weighted by Gasteiger charge is -2.02. The molecule has 4 nitrogen and oxygen atoms in total. The Kier molecular flexibility index (Phi) is 2.53. The minimum absolute atomic E-state index is 0.161. The number of hydrogen-bond acceptors (Lipinski definition) is 3. The fourth-order valence-corrected chi connectivity index (χ4v) is 0.866. The fourth-order valence-electron chi connectivity index (χ4n) is 0.866. The summed E-state index contributed by atoms with van der Waals surface area (Å²) >= 11 is 0. The van der Waals surface area contributed by atoms with Crippen molar-refractivity contribution in [1.82, 2.24) is 0 Å². The van der Waals surface area contributed by atoms with Crippen LogP contribution in [0.4, 0.5) is 11.4 Å². The molecule has 0 heterocycles. The van der Waals surface area contributed by atoms with Gasteiger partial charge in [0.15, 0.2) is 0 Å². The normalized spacial score (nSPS) is 9.08. The largest absolute Gasteiger partial charge is 0.324 e. The van der Waals surface area contributed by atoms with Gasteiger partial charge in [-0.25, -0.2) is 5.53 Å². The van der Waals surface area contributed by atoms with E-state index < -0.39 is 0 Å². The molecule has 62 valence electrons. The van der Waals surface area contributed by atoms with Crippen molar-refractivity contribution in [3.8, 4) is 0 Å². The first-order valence-corrected chi connectivity index (χ1v) is 3.48. The Bertz CT molecular complexity index is 309. The zero-order valence-electron chi connectivity index (χ0n) is 6.66. The summed E-state index contributed by atoms with van der Waals surface area (Å²) in [5.74, 6) is -0.161. The highest BCUT2D eigenvalue weighted by Gasteiger charge is 2.00. The summed E-state index contributed by atoms with van der Waals surface area (Å²) in [7, 11) is 0. The van der Waals surface area contributed by atoms with Crippen molar-refractivity contribution in [1.29, 1.82) is 5.53 Å². The Morgan fingerprint density at radius 2 is 2.17 bits per heavy atom. The number of para-hydroxylation sites is 2. The van der Waals surface area contributed by atoms with E-state index in [0.29, 0.717) is 11.4 Å². The molecule has 0 saturated carbocycles. The van der Waals surface area contributed by atoms with Crippen LogP contribution in [-0.4, -0.2) is 5.91 Å². The van der Waals surface area contributed by atoms with E-state index in [-0.39, 0.29) is 5.91 Å². The van der Waals surface area contributed by atoms with E-state index in [9.17, 15) is 4.79 Å². The predicted molar refractivity (Wildman–Crippen MR) is 45.6 cm³/mol. The number of nitrogens with one attached hydrogen (secondary N) is 2. The van der Waals surface area contributed by atoms with Gasteiger partial charge in [0.05, 0.1) is 5.69 Å². The Morgan fingerprint density at radius 3 is 2.75 bits per heavy atom. The average molecular weight is 163 g/mol. The molecule has 4 heteroatoms. The van der Waals surface area contributed by atoms with Crippen LogP contribution in [0.3, 0.4) is 0 Å². The van der Waals surface area contributed by atoms with E-state index in [1.165, 1.54) is 6.92 Å². The van der Waals surface area contributed by atoms with Gasteiger partial charge in [-0.2, -0.15) is 5.11 Å². The molecule has 0 saturated heterocycles. The first-order chi connectivity index (χ1) is 5.74. The predicted octanol–water partition coefficient (Wildman–Crippen LogP) is 2.31. The van der Waals surface area contributed by atoms with E-state index in [0.717, 1.165) is 0 Å². The number of nitrogens with zero attached hydrogens (tertiary/aromatic N) is 1.